The summed E-state index contributed by atoms with van der Waals surface area (Å²) in [4.78, 5) is 7.63. The minimum Gasteiger partial charge on any atom is -0.497 e. The maximum absolute atomic E-state index is 6.13. The summed E-state index contributed by atoms with van der Waals surface area (Å²) in [6.07, 6.45) is 0. The number of allylic oxidation sites excluding steroid dienone is 1. The van der Waals surface area contributed by atoms with Crippen LogP contribution >= 0.6 is 35.2 Å². The Kier molecular flexibility index (Phi) is 5.88. The van der Waals surface area contributed by atoms with Crippen molar-refractivity contribution >= 4 is 51.5 Å². The summed E-state index contributed by atoms with van der Waals surface area (Å²) in [7, 11) is 1.64. The summed E-state index contributed by atoms with van der Waals surface area (Å²) in [6, 6.07) is 19.0. The number of methoxy groups -OCH3 is 1. The van der Waals surface area contributed by atoms with Gasteiger partial charge >= 0.3 is 0 Å². The van der Waals surface area contributed by atoms with Crippen molar-refractivity contribution in [2.24, 2.45) is 0 Å². The SMILES string of the molecule is COc1ccc(N2C(=S)NC(c3ccc(Cl)cc3)C(c3nc(-c4cccs4)no3)=C2C)cc1. The molecular formula is C24H19ClN4O2S2. The smallest absolute Gasteiger partial charge is 0.258 e. The largest absolute Gasteiger partial charge is 0.497 e. The minimum atomic E-state index is -0.277. The Morgan fingerprint density at radius 1 is 1.12 bits per heavy atom. The number of anilines is 1. The van der Waals surface area contributed by atoms with Gasteiger partial charge in [-0.05, 0) is 72.5 Å². The van der Waals surface area contributed by atoms with E-state index in [1.807, 2.05) is 77.9 Å². The molecule has 3 heterocycles. The van der Waals surface area contributed by atoms with Crippen LogP contribution in [0, 0.1) is 0 Å². The zero-order valence-electron chi connectivity index (χ0n) is 17.8. The van der Waals surface area contributed by atoms with Crippen LogP contribution in [0.2, 0.25) is 5.02 Å². The number of thiophene rings is 1. The second-order valence-electron chi connectivity index (χ2n) is 7.37. The van der Waals surface area contributed by atoms with Crippen molar-refractivity contribution in [1.29, 1.82) is 0 Å². The van der Waals surface area contributed by atoms with E-state index in [1.54, 1.807) is 18.4 Å². The predicted octanol–water partition coefficient (Wildman–Crippen LogP) is 6.33. The number of thiocarbonyl (C=S) groups is 1. The van der Waals surface area contributed by atoms with Gasteiger partial charge in [-0.1, -0.05) is 35.0 Å². The molecule has 166 valence electrons. The molecule has 1 atom stereocenters. The molecule has 2 aromatic carbocycles. The Balaban J connectivity index is 1.64. The number of rotatable bonds is 5. The van der Waals surface area contributed by atoms with Gasteiger partial charge in [-0.25, -0.2) is 0 Å². The molecule has 0 fully saturated rings. The number of hydrogen-bond donors (Lipinski definition) is 1. The lowest BCUT2D eigenvalue weighted by Gasteiger charge is -2.37. The number of nitrogens with one attached hydrogen (secondary N) is 1. The van der Waals surface area contributed by atoms with E-state index in [4.69, 9.17) is 38.1 Å². The Morgan fingerprint density at radius 3 is 2.55 bits per heavy atom. The van der Waals surface area contributed by atoms with Crippen LogP contribution in [-0.4, -0.2) is 22.4 Å². The van der Waals surface area contributed by atoms with Gasteiger partial charge in [-0.2, -0.15) is 4.98 Å². The van der Waals surface area contributed by atoms with Crippen molar-refractivity contribution in [3.63, 3.8) is 0 Å². The maximum atomic E-state index is 6.13. The monoisotopic (exact) mass is 494 g/mol. The fourth-order valence-corrected chi connectivity index (χ4v) is 4.94. The molecule has 1 aliphatic heterocycles. The van der Waals surface area contributed by atoms with Gasteiger partial charge in [0.05, 0.1) is 23.6 Å². The third-order valence-electron chi connectivity index (χ3n) is 5.42. The lowest BCUT2D eigenvalue weighted by Crippen LogP contribution is -2.46. The average molecular weight is 495 g/mol. The minimum absolute atomic E-state index is 0.277. The molecule has 0 aliphatic carbocycles. The summed E-state index contributed by atoms with van der Waals surface area (Å²) >= 11 is 13.5. The highest BCUT2D eigenvalue weighted by molar-refractivity contribution is 7.80. The van der Waals surface area contributed by atoms with E-state index in [-0.39, 0.29) is 6.04 Å². The molecule has 1 N–H and O–H groups in total. The zero-order chi connectivity index (χ0) is 22.9. The van der Waals surface area contributed by atoms with Crippen LogP contribution in [0.15, 0.2) is 76.3 Å². The first kappa shape index (κ1) is 21.6. The van der Waals surface area contributed by atoms with Gasteiger partial charge in [0.25, 0.3) is 5.89 Å². The van der Waals surface area contributed by atoms with Crippen LogP contribution in [0.5, 0.6) is 5.75 Å². The van der Waals surface area contributed by atoms with E-state index in [0.29, 0.717) is 21.9 Å². The Bertz CT molecular complexity index is 1320. The summed E-state index contributed by atoms with van der Waals surface area (Å²) in [5, 5.41) is 10.9. The lowest BCUT2D eigenvalue weighted by molar-refractivity contribution is 0.404. The van der Waals surface area contributed by atoms with E-state index in [2.05, 4.69) is 10.5 Å². The van der Waals surface area contributed by atoms with Gasteiger partial charge in [0, 0.05) is 16.4 Å². The van der Waals surface area contributed by atoms with Gasteiger partial charge in [0.15, 0.2) is 5.11 Å². The third-order valence-corrected chi connectivity index (χ3v) is 6.83. The first-order valence-electron chi connectivity index (χ1n) is 10.1. The first-order valence-corrected chi connectivity index (χ1v) is 11.8. The molecule has 0 amide bonds. The molecule has 2 aromatic heterocycles. The summed E-state index contributed by atoms with van der Waals surface area (Å²) < 4.78 is 11.1. The highest BCUT2D eigenvalue weighted by Crippen LogP contribution is 2.39. The van der Waals surface area contributed by atoms with E-state index in [1.165, 1.54) is 0 Å². The van der Waals surface area contributed by atoms with Crippen LogP contribution in [-0.2, 0) is 0 Å². The van der Waals surface area contributed by atoms with Crippen molar-refractivity contribution in [3.05, 3.63) is 88.2 Å². The fraction of sp³-hybridized carbons (Fsp3) is 0.125. The van der Waals surface area contributed by atoms with Gasteiger partial charge in [0.2, 0.25) is 5.82 Å². The average Bonchev–Trinajstić information content (AvgIpc) is 3.52. The standard InChI is InChI=1S/C24H19ClN4O2S2/c1-14-20(23-27-22(28-31-23)19-4-3-13-33-19)21(15-5-7-16(25)8-6-15)26-24(32)29(14)17-9-11-18(30-2)12-10-17/h3-13,21H,1-2H3,(H,26,32). The van der Waals surface area contributed by atoms with Crippen LogP contribution in [0.25, 0.3) is 16.3 Å². The van der Waals surface area contributed by atoms with Crippen LogP contribution in [0.4, 0.5) is 5.69 Å². The molecule has 33 heavy (non-hydrogen) atoms. The van der Waals surface area contributed by atoms with Crippen LogP contribution in [0.3, 0.4) is 0 Å². The number of benzene rings is 2. The summed E-state index contributed by atoms with van der Waals surface area (Å²) in [6.45, 7) is 2.00. The summed E-state index contributed by atoms with van der Waals surface area (Å²) in [5.74, 6) is 1.76. The summed E-state index contributed by atoms with van der Waals surface area (Å²) in [5.41, 5.74) is 3.62. The molecule has 4 aromatic rings. The van der Waals surface area contributed by atoms with Crippen molar-refractivity contribution in [1.82, 2.24) is 15.5 Å². The van der Waals surface area contributed by atoms with Crippen LogP contribution < -0.4 is 15.0 Å². The van der Waals surface area contributed by atoms with Crippen molar-refractivity contribution in [3.8, 4) is 16.5 Å². The lowest BCUT2D eigenvalue weighted by atomic mass is 9.94. The second kappa shape index (κ2) is 8.97. The van der Waals surface area contributed by atoms with Crippen molar-refractivity contribution < 1.29 is 9.26 Å². The van der Waals surface area contributed by atoms with Gasteiger partial charge in [-0.3, -0.25) is 4.90 Å². The van der Waals surface area contributed by atoms with Gasteiger partial charge < -0.3 is 14.6 Å². The normalized spacial score (nSPS) is 16.2. The molecule has 0 saturated carbocycles. The molecule has 0 saturated heterocycles. The number of aromatic nitrogens is 2. The molecular weight excluding hydrogens is 476 g/mol. The van der Waals surface area contributed by atoms with Crippen LogP contribution in [0.1, 0.15) is 24.4 Å². The molecule has 1 aliphatic rings. The van der Waals surface area contributed by atoms with Crippen molar-refractivity contribution in [2.45, 2.75) is 13.0 Å². The Labute approximate surface area is 205 Å². The highest BCUT2D eigenvalue weighted by Gasteiger charge is 2.34. The van der Waals surface area contributed by atoms with E-state index >= 15 is 0 Å². The van der Waals surface area contributed by atoms with Gasteiger partial charge in [0.1, 0.15) is 5.75 Å². The van der Waals surface area contributed by atoms with Gasteiger partial charge in [-0.15, -0.1) is 11.3 Å². The number of hydrogen-bond acceptors (Lipinski definition) is 6. The highest BCUT2D eigenvalue weighted by atomic mass is 35.5. The predicted molar refractivity (Wildman–Crippen MR) is 136 cm³/mol. The maximum Gasteiger partial charge on any atom is 0.258 e. The zero-order valence-corrected chi connectivity index (χ0v) is 20.2. The molecule has 0 spiro atoms. The number of halogens is 1. The molecule has 6 nitrogen and oxygen atoms in total. The Morgan fingerprint density at radius 2 is 1.88 bits per heavy atom. The van der Waals surface area contributed by atoms with E-state index in [0.717, 1.165) is 33.1 Å². The topological polar surface area (TPSA) is 63.4 Å². The van der Waals surface area contributed by atoms with Crippen molar-refractivity contribution in [2.75, 3.05) is 12.0 Å². The molecule has 9 heteroatoms. The number of ether oxygens (including phenoxy) is 1. The molecule has 5 rings (SSSR count). The molecule has 1 unspecified atom stereocenters. The first-order chi connectivity index (χ1) is 16.0. The van der Waals surface area contributed by atoms with E-state index in [9.17, 15) is 0 Å². The number of nitrogens with zero attached hydrogens (tertiary/aromatic N) is 3. The quantitative estimate of drug-likeness (QED) is 0.325. The third kappa shape index (κ3) is 4.13. The molecule has 0 bridgehead atoms. The fourth-order valence-electron chi connectivity index (χ4n) is 3.81. The molecule has 0 radical (unpaired) electrons. The Hall–Kier alpha value is -3.20. The van der Waals surface area contributed by atoms with E-state index < -0.39 is 0 Å². The second-order valence-corrected chi connectivity index (χ2v) is 9.14.